The summed E-state index contributed by atoms with van der Waals surface area (Å²) in [7, 11) is 0. The molecule has 0 radical (unpaired) electrons. The number of alkyl carbamates (subject to hydrolysis) is 1. The second kappa shape index (κ2) is 11.3. The maximum Gasteiger partial charge on any atom is 0.407 e. The van der Waals surface area contributed by atoms with E-state index in [2.05, 4.69) is 42.9 Å². The fraction of sp³-hybridized carbons (Fsp3) is 0.241. The number of fused-ring (bicyclic) bond motifs is 2. The third-order valence-corrected chi connectivity index (χ3v) is 7.54. The topological polar surface area (TPSA) is 106 Å². The van der Waals surface area contributed by atoms with Crippen LogP contribution in [-0.2, 0) is 11.3 Å². The fourth-order valence-corrected chi connectivity index (χ4v) is 5.56. The SMILES string of the molecule is CCNC(=O)O[C@H]1CN[C@H](C#Cc2cc3ncnc(Nc4ccc5c(cnn5Cc5cccc(F)c5)c4)c3s2)C1. The minimum absolute atomic E-state index is 0.0538. The summed E-state index contributed by atoms with van der Waals surface area (Å²) >= 11 is 1.52. The normalized spacial score (nSPS) is 16.6. The molecule has 9 nitrogen and oxygen atoms in total. The molecule has 1 amide bonds. The summed E-state index contributed by atoms with van der Waals surface area (Å²) in [5.41, 5.74) is 3.48. The highest BCUT2D eigenvalue weighted by Gasteiger charge is 2.25. The van der Waals surface area contributed by atoms with E-state index in [1.165, 1.54) is 29.8 Å². The number of amides is 1. The molecule has 2 atom stereocenters. The first-order valence-corrected chi connectivity index (χ1v) is 13.8. The van der Waals surface area contributed by atoms with Crippen molar-refractivity contribution in [1.82, 2.24) is 30.4 Å². The lowest BCUT2D eigenvalue weighted by Crippen LogP contribution is -2.29. The van der Waals surface area contributed by atoms with Crippen LogP contribution in [0.1, 0.15) is 23.8 Å². The summed E-state index contributed by atoms with van der Waals surface area (Å²) in [6, 6.07) is 14.4. The van der Waals surface area contributed by atoms with Crippen molar-refractivity contribution in [2.45, 2.75) is 32.0 Å². The molecule has 40 heavy (non-hydrogen) atoms. The number of carbonyl (C=O) groups is 1. The lowest BCUT2D eigenvalue weighted by atomic mass is 10.2. The van der Waals surface area contributed by atoms with E-state index in [9.17, 15) is 9.18 Å². The summed E-state index contributed by atoms with van der Waals surface area (Å²) in [5, 5.41) is 14.8. The average Bonchev–Trinajstić information content (AvgIpc) is 3.67. The van der Waals surface area contributed by atoms with Crippen molar-refractivity contribution in [3.05, 3.63) is 77.3 Å². The zero-order chi connectivity index (χ0) is 27.5. The molecule has 6 rings (SSSR count). The molecule has 1 aliphatic rings. The van der Waals surface area contributed by atoms with E-state index in [0.29, 0.717) is 31.9 Å². The first-order chi connectivity index (χ1) is 19.5. The van der Waals surface area contributed by atoms with E-state index in [0.717, 1.165) is 37.2 Å². The number of anilines is 2. The Labute approximate surface area is 233 Å². The van der Waals surface area contributed by atoms with E-state index < -0.39 is 6.09 Å². The fourth-order valence-electron chi connectivity index (χ4n) is 4.64. The third-order valence-electron chi connectivity index (χ3n) is 6.49. The molecule has 11 heteroatoms. The number of aromatic nitrogens is 4. The van der Waals surface area contributed by atoms with E-state index in [1.54, 1.807) is 12.3 Å². The van der Waals surface area contributed by atoms with Crippen LogP contribution in [0.5, 0.6) is 0 Å². The molecular formula is C29H26FN7O2S. The number of benzene rings is 2. The second-order valence-corrected chi connectivity index (χ2v) is 10.5. The number of nitrogens with zero attached hydrogens (tertiary/aromatic N) is 4. The Kier molecular flexibility index (Phi) is 7.27. The summed E-state index contributed by atoms with van der Waals surface area (Å²) in [6.07, 6.45) is 3.38. The third kappa shape index (κ3) is 5.73. The molecule has 0 aliphatic carbocycles. The molecule has 3 aromatic heterocycles. The molecule has 1 aliphatic heterocycles. The van der Waals surface area contributed by atoms with Crippen LogP contribution in [0.2, 0.25) is 0 Å². The van der Waals surface area contributed by atoms with Crippen molar-refractivity contribution < 1.29 is 13.9 Å². The standard InChI is InChI=1S/C29H26FN7O2S/c1-2-31-29(38)39-23-12-21(32-15-23)6-8-24-13-25-27(40-24)28(34-17-33-25)36-22-7-9-26-19(11-22)14-35-37(26)16-18-4-3-5-20(30)10-18/h3-5,7,9-11,13-14,17,21,23,32H,2,12,15-16H2,1H3,(H,31,38)(H,33,34,36)/t21-,23-/m1/s1. The largest absolute Gasteiger partial charge is 0.445 e. The molecule has 2 aromatic carbocycles. The van der Waals surface area contributed by atoms with Gasteiger partial charge in [0.2, 0.25) is 0 Å². The maximum absolute atomic E-state index is 13.6. The Bertz CT molecular complexity index is 1760. The Hall–Kier alpha value is -4.53. The van der Waals surface area contributed by atoms with Crippen molar-refractivity contribution in [1.29, 1.82) is 0 Å². The molecule has 0 unspecified atom stereocenters. The molecule has 0 saturated carbocycles. The zero-order valence-electron chi connectivity index (χ0n) is 21.6. The molecule has 4 heterocycles. The smallest absolute Gasteiger partial charge is 0.407 e. The van der Waals surface area contributed by atoms with Crippen LogP contribution < -0.4 is 16.0 Å². The van der Waals surface area contributed by atoms with Crippen LogP contribution in [0.3, 0.4) is 0 Å². The number of hydrogen-bond acceptors (Lipinski definition) is 8. The molecule has 5 aromatic rings. The van der Waals surface area contributed by atoms with Gasteiger partial charge in [-0.2, -0.15) is 5.10 Å². The van der Waals surface area contributed by atoms with Gasteiger partial charge in [0.1, 0.15) is 18.2 Å². The molecule has 3 N–H and O–H groups in total. The molecule has 0 bridgehead atoms. The quantitative estimate of drug-likeness (QED) is 0.259. The Morgan fingerprint density at radius 3 is 3.05 bits per heavy atom. The number of hydrogen-bond donors (Lipinski definition) is 3. The van der Waals surface area contributed by atoms with Crippen LogP contribution in [0.25, 0.3) is 21.1 Å². The van der Waals surface area contributed by atoms with Crippen LogP contribution in [0.15, 0.2) is 61.1 Å². The Balaban J connectivity index is 1.16. The Morgan fingerprint density at radius 1 is 1.25 bits per heavy atom. The van der Waals surface area contributed by atoms with Crippen LogP contribution in [0.4, 0.5) is 20.7 Å². The van der Waals surface area contributed by atoms with Gasteiger partial charge in [-0.15, -0.1) is 11.3 Å². The van der Waals surface area contributed by atoms with Gasteiger partial charge < -0.3 is 15.4 Å². The number of ether oxygens (including phenoxy) is 1. The average molecular weight is 556 g/mol. The first-order valence-electron chi connectivity index (χ1n) is 12.9. The van der Waals surface area contributed by atoms with Gasteiger partial charge in [0.25, 0.3) is 0 Å². The van der Waals surface area contributed by atoms with Crippen molar-refractivity contribution in [3.63, 3.8) is 0 Å². The highest BCUT2D eigenvalue weighted by Crippen LogP contribution is 2.31. The Morgan fingerprint density at radius 2 is 2.17 bits per heavy atom. The second-order valence-electron chi connectivity index (χ2n) is 9.40. The lowest BCUT2D eigenvalue weighted by molar-refractivity contribution is 0.107. The van der Waals surface area contributed by atoms with E-state index in [4.69, 9.17) is 4.74 Å². The van der Waals surface area contributed by atoms with Gasteiger partial charge in [-0.1, -0.05) is 24.0 Å². The minimum Gasteiger partial charge on any atom is -0.445 e. The maximum atomic E-state index is 13.6. The number of halogens is 1. The van der Waals surface area contributed by atoms with Gasteiger partial charge in [0.05, 0.1) is 39.4 Å². The monoisotopic (exact) mass is 555 g/mol. The van der Waals surface area contributed by atoms with Gasteiger partial charge in [-0.05, 0) is 48.9 Å². The highest BCUT2D eigenvalue weighted by atomic mass is 32.1. The van der Waals surface area contributed by atoms with Crippen molar-refractivity contribution in [3.8, 4) is 11.8 Å². The summed E-state index contributed by atoms with van der Waals surface area (Å²) in [5.74, 6) is 6.92. The predicted molar refractivity (Wildman–Crippen MR) is 153 cm³/mol. The molecule has 202 valence electrons. The van der Waals surface area contributed by atoms with Gasteiger partial charge in [-0.25, -0.2) is 19.2 Å². The predicted octanol–water partition coefficient (Wildman–Crippen LogP) is 4.80. The van der Waals surface area contributed by atoms with E-state index in [-0.39, 0.29) is 18.0 Å². The minimum atomic E-state index is -0.400. The van der Waals surface area contributed by atoms with E-state index in [1.807, 2.05) is 41.9 Å². The van der Waals surface area contributed by atoms with Crippen molar-refractivity contribution >= 4 is 50.1 Å². The van der Waals surface area contributed by atoms with Crippen molar-refractivity contribution in [2.75, 3.05) is 18.4 Å². The van der Waals surface area contributed by atoms with Crippen LogP contribution in [-0.4, -0.2) is 51.1 Å². The number of carbonyl (C=O) groups excluding carboxylic acids is 1. The summed E-state index contributed by atoms with van der Waals surface area (Å²) in [6.45, 7) is 3.45. The summed E-state index contributed by atoms with van der Waals surface area (Å²) in [4.78, 5) is 21.4. The van der Waals surface area contributed by atoms with Crippen molar-refractivity contribution in [2.24, 2.45) is 0 Å². The van der Waals surface area contributed by atoms with E-state index >= 15 is 0 Å². The molecular weight excluding hydrogens is 529 g/mol. The van der Waals surface area contributed by atoms with Gasteiger partial charge in [0.15, 0.2) is 5.82 Å². The van der Waals surface area contributed by atoms with Gasteiger partial charge >= 0.3 is 6.09 Å². The summed E-state index contributed by atoms with van der Waals surface area (Å²) < 4.78 is 21.7. The number of nitrogens with one attached hydrogen (secondary N) is 3. The number of thiophene rings is 1. The van der Waals surface area contributed by atoms with Gasteiger partial charge in [-0.3, -0.25) is 10.00 Å². The van der Waals surface area contributed by atoms with Crippen LogP contribution >= 0.6 is 11.3 Å². The van der Waals surface area contributed by atoms with Crippen LogP contribution in [0, 0.1) is 17.7 Å². The number of rotatable bonds is 6. The zero-order valence-corrected chi connectivity index (χ0v) is 22.5. The molecule has 0 spiro atoms. The highest BCUT2D eigenvalue weighted by molar-refractivity contribution is 7.20. The molecule has 1 saturated heterocycles. The first kappa shape index (κ1) is 25.7. The molecule has 1 fully saturated rings. The lowest BCUT2D eigenvalue weighted by Gasteiger charge is -2.10. The van der Waals surface area contributed by atoms with Gasteiger partial charge in [0, 0.05) is 30.6 Å².